The van der Waals surface area contributed by atoms with Gasteiger partial charge in [0, 0.05) is 11.8 Å². The lowest BCUT2D eigenvalue weighted by Crippen LogP contribution is -1.89. The van der Waals surface area contributed by atoms with Crippen LogP contribution in [0.2, 0.25) is 0 Å². The number of carboxylic acid groups (broad SMARTS) is 1. The van der Waals surface area contributed by atoms with Crippen molar-refractivity contribution in [2.75, 3.05) is 0 Å². The van der Waals surface area contributed by atoms with Crippen molar-refractivity contribution in [2.45, 2.75) is 10.1 Å². The third kappa shape index (κ3) is 3.68. The minimum absolute atomic E-state index is 0.745. The van der Waals surface area contributed by atoms with E-state index in [1.807, 2.05) is 24.3 Å². The van der Waals surface area contributed by atoms with Gasteiger partial charge >= 0.3 is 5.97 Å². The fourth-order valence-electron chi connectivity index (χ4n) is 1.35. The second kappa shape index (κ2) is 6.32. The van der Waals surface area contributed by atoms with Crippen LogP contribution in [-0.2, 0) is 10.5 Å². The van der Waals surface area contributed by atoms with E-state index >= 15 is 0 Å². The summed E-state index contributed by atoms with van der Waals surface area (Å²) in [5.41, 5.74) is 3.69. The lowest BCUT2D eigenvalue weighted by Gasteiger charge is -2.03. The summed E-state index contributed by atoms with van der Waals surface area (Å²) in [7, 11) is 0. The van der Waals surface area contributed by atoms with Crippen molar-refractivity contribution in [3.05, 3.63) is 47.0 Å². The summed E-state index contributed by atoms with van der Waals surface area (Å²) in [6, 6.07) is 7.71. The molecule has 6 heteroatoms. The third-order valence-electron chi connectivity index (χ3n) is 2.15. The van der Waals surface area contributed by atoms with Crippen LogP contribution in [0.25, 0.3) is 6.08 Å². The molecule has 0 bridgehead atoms. The fourth-order valence-corrected chi connectivity index (χ4v) is 2.86. The second-order valence-electron chi connectivity index (χ2n) is 3.36. The average Bonchev–Trinajstić information content (AvgIpc) is 2.88. The van der Waals surface area contributed by atoms with Crippen LogP contribution in [0, 0.1) is 0 Å². The first-order valence-electron chi connectivity index (χ1n) is 5.13. The molecule has 0 aliphatic heterocycles. The largest absolute Gasteiger partial charge is 0.478 e. The molecule has 0 fully saturated rings. The first-order chi connectivity index (χ1) is 8.75. The van der Waals surface area contributed by atoms with Gasteiger partial charge in [0.25, 0.3) is 0 Å². The summed E-state index contributed by atoms with van der Waals surface area (Å²) >= 11 is 3.09. The first kappa shape index (κ1) is 12.8. The van der Waals surface area contributed by atoms with Crippen LogP contribution in [0.4, 0.5) is 0 Å². The van der Waals surface area contributed by atoms with Gasteiger partial charge in [0.15, 0.2) is 4.34 Å². The highest BCUT2D eigenvalue weighted by atomic mass is 32.2. The van der Waals surface area contributed by atoms with Gasteiger partial charge in [0.1, 0.15) is 5.51 Å². The molecule has 0 unspecified atom stereocenters. The Morgan fingerprint density at radius 2 is 2.28 bits per heavy atom. The molecular weight excluding hydrogens is 268 g/mol. The van der Waals surface area contributed by atoms with Gasteiger partial charge in [-0.3, -0.25) is 0 Å². The molecule has 1 aromatic carbocycles. The minimum atomic E-state index is -0.943. The normalized spacial score (nSPS) is 10.9. The number of carbonyl (C=O) groups is 1. The molecule has 1 N–H and O–H groups in total. The van der Waals surface area contributed by atoms with Gasteiger partial charge in [-0.05, 0) is 17.2 Å². The first-order valence-corrected chi connectivity index (χ1v) is 7.00. The summed E-state index contributed by atoms with van der Waals surface area (Å²) < 4.78 is 0.909. The topological polar surface area (TPSA) is 63.1 Å². The molecule has 0 saturated heterocycles. The highest BCUT2D eigenvalue weighted by molar-refractivity contribution is 8.00. The number of thioether (sulfide) groups is 1. The maximum absolute atomic E-state index is 10.5. The number of nitrogens with zero attached hydrogens (tertiary/aromatic N) is 2. The Kier molecular flexibility index (Phi) is 4.49. The van der Waals surface area contributed by atoms with E-state index in [0.29, 0.717) is 0 Å². The van der Waals surface area contributed by atoms with E-state index in [9.17, 15) is 4.79 Å². The van der Waals surface area contributed by atoms with Gasteiger partial charge in [-0.15, -0.1) is 10.2 Å². The summed E-state index contributed by atoms with van der Waals surface area (Å²) in [5, 5.41) is 16.4. The highest BCUT2D eigenvalue weighted by Crippen LogP contribution is 2.25. The Morgan fingerprint density at radius 1 is 1.44 bits per heavy atom. The number of carboxylic acids is 1. The Balaban J connectivity index is 2.09. The molecule has 92 valence electrons. The Bertz CT molecular complexity index is 553. The number of benzene rings is 1. The van der Waals surface area contributed by atoms with Crippen LogP contribution < -0.4 is 0 Å². The van der Waals surface area contributed by atoms with Gasteiger partial charge in [-0.25, -0.2) is 4.79 Å². The SMILES string of the molecule is O=C(O)C=Cc1ccccc1CSc1nncs1. The molecule has 18 heavy (non-hydrogen) atoms. The van der Waals surface area contributed by atoms with E-state index in [2.05, 4.69) is 10.2 Å². The number of hydrogen-bond donors (Lipinski definition) is 1. The van der Waals surface area contributed by atoms with Crippen LogP contribution in [0.5, 0.6) is 0 Å². The molecule has 0 aliphatic carbocycles. The summed E-state index contributed by atoms with van der Waals surface area (Å²) in [5.74, 6) is -0.198. The molecule has 0 amide bonds. The third-order valence-corrected chi connectivity index (χ3v) is 4.06. The molecule has 2 aromatic rings. The quantitative estimate of drug-likeness (QED) is 0.673. The predicted octanol–water partition coefficient (Wildman–Crippen LogP) is 2.93. The Morgan fingerprint density at radius 3 is 3.00 bits per heavy atom. The zero-order valence-corrected chi connectivity index (χ0v) is 10.9. The average molecular weight is 278 g/mol. The van der Waals surface area contributed by atoms with E-state index < -0.39 is 5.97 Å². The van der Waals surface area contributed by atoms with Crippen molar-refractivity contribution in [1.29, 1.82) is 0 Å². The molecule has 4 nitrogen and oxygen atoms in total. The molecule has 2 rings (SSSR count). The molecule has 1 aromatic heterocycles. The van der Waals surface area contributed by atoms with Gasteiger partial charge < -0.3 is 5.11 Å². The fraction of sp³-hybridized carbons (Fsp3) is 0.0833. The highest BCUT2D eigenvalue weighted by Gasteiger charge is 2.03. The van der Waals surface area contributed by atoms with Crippen LogP contribution >= 0.6 is 23.1 Å². The molecule has 0 radical (unpaired) electrons. The maximum Gasteiger partial charge on any atom is 0.328 e. The molecule has 0 spiro atoms. The monoisotopic (exact) mass is 278 g/mol. The van der Waals surface area contributed by atoms with Gasteiger partial charge in [0.05, 0.1) is 0 Å². The second-order valence-corrected chi connectivity index (χ2v) is 5.42. The van der Waals surface area contributed by atoms with Crippen molar-refractivity contribution in [3.63, 3.8) is 0 Å². The van der Waals surface area contributed by atoms with Crippen LogP contribution in [0.3, 0.4) is 0 Å². The smallest absolute Gasteiger partial charge is 0.328 e. The van der Waals surface area contributed by atoms with Crippen molar-refractivity contribution in [2.24, 2.45) is 0 Å². The van der Waals surface area contributed by atoms with E-state index in [-0.39, 0.29) is 0 Å². The van der Waals surface area contributed by atoms with Crippen LogP contribution in [-0.4, -0.2) is 21.3 Å². The van der Waals surface area contributed by atoms with Gasteiger partial charge in [-0.1, -0.05) is 47.4 Å². The summed E-state index contributed by atoms with van der Waals surface area (Å²) in [6.45, 7) is 0. The van der Waals surface area contributed by atoms with Crippen molar-refractivity contribution in [1.82, 2.24) is 10.2 Å². The molecule has 0 aliphatic rings. The number of hydrogen-bond acceptors (Lipinski definition) is 5. The minimum Gasteiger partial charge on any atom is -0.478 e. The number of aromatic nitrogens is 2. The number of aliphatic carboxylic acids is 1. The lowest BCUT2D eigenvalue weighted by molar-refractivity contribution is -0.131. The Hall–Kier alpha value is -1.66. The van der Waals surface area contributed by atoms with E-state index in [4.69, 9.17) is 5.11 Å². The molecule has 0 atom stereocenters. The van der Waals surface area contributed by atoms with Gasteiger partial charge in [-0.2, -0.15) is 0 Å². The van der Waals surface area contributed by atoms with Crippen molar-refractivity contribution in [3.8, 4) is 0 Å². The van der Waals surface area contributed by atoms with Crippen molar-refractivity contribution >= 4 is 35.1 Å². The summed E-state index contributed by atoms with van der Waals surface area (Å²) in [6.07, 6.45) is 2.76. The van der Waals surface area contributed by atoms with Crippen molar-refractivity contribution < 1.29 is 9.90 Å². The van der Waals surface area contributed by atoms with E-state index in [1.165, 1.54) is 11.3 Å². The predicted molar refractivity (Wildman–Crippen MR) is 72.6 cm³/mol. The Labute approximate surface area is 112 Å². The van der Waals surface area contributed by atoms with Crippen LogP contribution in [0.1, 0.15) is 11.1 Å². The molecule has 0 saturated carbocycles. The maximum atomic E-state index is 10.5. The molecule has 1 heterocycles. The van der Waals surface area contributed by atoms with Gasteiger partial charge in [0.2, 0.25) is 0 Å². The van der Waals surface area contributed by atoms with E-state index in [0.717, 1.165) is 27.3 Å². The zero-order valence-electron chi connectivity index (χ0n) is 9.31. The number of rotatable bonds is 5. The standard InChI is InChI=1S/C12H10N2O2S2/c15-11(16)6-5-9-3-1-2-4-10(9)7-17-12-14-13-8-18-12/h1-6,8H,7H2,(H,15,16). The zero-order chi connectivity index (χ0) is 12.8. The lowest BCUT2D eigenvalue weighted by atomic mass is 10.1. The summed E-state index contributed by atoms with van der Waals surface area (Å²) in [4.78, 5) is 10.5. The van der Waals surface area contributed by atoms with E-state index in [1.54, 1.807) is 23.3 Å². The molecular formula is C12H10N2O2S2. The van der Waals surface area contributed by atoms with Crippen LogP contribution in [0.15, 0.2) is 40.2 Å².